The Labute approximate surface area is 169 Å². The topological polar surface area (TPSA) is 39.7 Å². The number of benzene rings is 2. The highest BCUT2D eigenvalue weighted by Gasteiger charge is 2.41. The van der Waals surface area contributed by atoms with Crippen LogP contribution >= 0.6 is 15.9 Å². The molecular weight excluding hydrogens is 406 g/mol. The molecule has 4 nitrogen and oxygen atoms in total. The van der Waals surface area contributed by atoms with E-state index in [2.05, 4.69) is 58.5 Å². The van der Waals surface area contributed by atoms with Crippen molar-refractivity contribution >= 4 is 21.6 Å². The van der Waals surface area contributed by atoms with E-state index in [-0.39, 0.29) is 12.1 Å². The van der Waals surface area contributed by atoms with E-state index in [4.69, 9.17) is 14.2 Å². The van der Waals surface area contributed by atoms with Gasteiger partial charge < -0.3 is 19.5 Å². The van der Waals surface area contributed by atoms with Gasteiger partial charge in [-0.2, -0.15) is 0 Å². The molecule has 1 N–H and O–H groups in total. The van der Waals surface area contributed by atoms with Gasteiger partial charge in [-0.1, -0.05) is 19.1 Å². The first kappa shape index (κ1) is 18.6. The van der Waals surface area contributed by atoms with Crippen molar-refractivity contribution in [2.24, 2.45) is 5.92 Å². The number of nitrogens with one attached hydrogen (secondary N) is 1. The minimum atomic E-state index is 0.147. The van der Waals surface area contributed by atoms with Crippen LogP contribution in [0.1, 0.15) is 49.1 Å². The summed E-state index contributed by atoms with van der Waals surface area (Å²) in [5, 5.41) is 3.77. The van der Waals surface area contributed by atoms with Crippen molar-refractivity contribution in [3.05, 3.63) is 51.5 Å². The van der Waals surface area contributed by atoms with Gasteiger partial charge in [-0.25, -0.2) is 0 Å². The number of halogens is 1. The van der Waals surface area contributed by atoms with Gasteiger partial charge >= 0.3 is 0 Å². The third-order valence-corrected chi connectivity index (χ3v) is 6.20. The van der Waals surface area contributed by atoms with E-state index in [0.29, 0.717) is 12.5 Å². The van der Waals surface area contributed by atoms with Crippen LogP contribution in [-0.2, 0) is 11.2 Å². The molecule has 0 spiro atoms. The van der Waals surface area contributed by atoms with Gasteiger partial charge in [-0.05, 0) is 65.0 Å². The van der Waals surface area contributed by atoms with E-state index >= 15 is 0 Å². The number of fused-ring (bicyclic) bond motifs is 3. The van der Waals surface area contributed by atoms with Crippen LogP contribution in [-0.4, -0.2) is 20.3 Å². The molecule has 4 rings (SSSR count). The lowest BCUT2D eigenvalue weighted by Gasteiger charge is -2.37. The van der Waals surface area contributed by atoms with Crippen molar-refractivity contribution in [3.8, 4) is 11.5 Å². The number of hydrogen-bond acceptors (Lipinski definition) is 4. The van der Waals surface area contributed by atoms with Gasteiger partial charge in [0.15, 0.2) is 11.5 Å². The summed E-state index contributed by atoms with van der Waals surface area (Å²) >= 11 is 3.67. The maximum atomic E-state index is 6.18. The second-order valence-electron chi connectivity index (χ2n) is 7.11. The first-order valence-corrected chi connectivity index (χ1v) is 10.5. The van der Waals surface area contributed by atoms with Crippen molar-refractivity contribution in [1.29, 1.82) is 0 Å². The van der Waals surface area contributed by atoms with Gasteiger partial charge in [0.25, 0.3) is 0 Å². The summed E-state index contributed by atoms with van der Waals surface area (Å²) in [6, 6.07) is 11.1. The zero-order valence-electron chi connectivity index (χ0n) is 16.0. The molecule has 0 amide bonds. The van der Waals surface area contributed by atoms with Gasteiger partial charge in [0, 0.05) is 23.8 Å². The Balaban J connectivity index is 1.75. The fourth-order valence-electron chi connectivity index (χ4n) is 4.28. The summed E-state index contributed by atoms with van der Waals surface area (Å²) in [5.74, 6) is 1.91. The maximum absolute atomic E-state index is 6.18. The van der Waals surface area contributed by atoms with Gasteiger partial charge in [0.05, 0.1) is 30.3 Å². The fourth-order valence-corrected chi connectivity index (χ4v) is 4.85. The second kappa shape index (κ2) is 7.72. The van der Waals surface area contributed by atoms with E-state index < -0.39 is 0 Å². The average Bonchev–Trinajstić information content (AvgIpc) is 3.18. The zero-order chi connectivity index (χ0) is 19.0. The lowest BCUT2D eigenvalue weighted by molar-refractivity contribution is 0.0828. The average molecular weight is 432 g/mol. The molecule has 2 aromatic carbocycles. The summed E-state index contributed by atoms with van der Waals surface area (Å²) in [6.07, 6.45) is 2.23. The Bertz CT molecular complexity index is 839. The Morgan fingerprint density at radius 2 is 2.07 bits per heavy atom. The molecule has 2 aromatic rings. The van der Waals surface area contributed by atoms with Crippen molar-refractivity contribution in [2.75, 3.05) is 25.6 Å². The maximum Gasteiger partial charge on any atom is 0.175 e. The molecule has 5 heteroatoms. The number of rotatable bonds is 5. The highest BCUT2D eigenvalue weighted by Crippen LogP contribution is 2.51. The predicted molar refractivity (Wildman–Crippen MR) is 111 cm³/mol. The van der Waals surface area contributed by atoms with Crippen LogP contribution in [0, 0.1) is 5.92 Å². The van der Waals surface area contributed by atoms with Crippen LogP contribution in [0.3, 0.4) is 0 Å². The van der Waals surface area contributed by atoms with E-state index in [0.717, 1.165) is 35.4 Å². The van der Waals surface area contributed by atoms with Crippen LogP contribution in [0.2, 0.25) is 0 Å². The van der Waals surface area contributed by atoms with E-state index in [1.54, 1.807) is 7.11 Å². The zero-order valence-corrected chi connectivity index (χ0v) is 17.6. The van der Waals surface area contributed by atoms with Gasteiger partial charge in [0.2, 0.25) is 0 Å². The molecule has 0 aromatic heterocycles. The molecule has 2 heterocycles. The van der Waals surface area contributed by atoms with Crippen LogP contribution < -0.4 is 14.8 Å². The molecule has 0 bridgehead atoms. The molecule has 0 unspecified atom stereocenters. The van der Waals surface area contributed by atoms with Crippen LogP contribution in [0.25, 0.3) is 0 Å². The number of ether oxygens (including phenoxy) is 3. The van der Waals surface area contributed by atoms with Gasteiger partial charge in [-0.3, -0.25) is 0 Å². The number of aryl methyl sites for hydroxylation is 1. The van der Waals surface area contributed by atoms with Crippen molar-refractivity contribution in [2.45, 2.75) is 38.8 Å². The molecule has 3 atom stereocenters. The molecular formula is C22H26BrNO3. The smallest absolute Gasteiger partial charge is 0.175 e. The standard InChI is InChI=1S/C22H26BrNO3/c1-4-13-6-7-18-16(10-13)21-15(8-9-27-21)20(24-18)14-11-17(23)22(26-5-2)19(12-14)25-3/h6-7,10-12,15,20-21,24H,4-5,8-9H2,1-3H3/t15-,20+,21-/m0/s1. The summed E-state index contributed by atoms with van der Waals surface area (Å²) in [7, 11) is 1.69. The normalized spacial score (nSPS) is 23.3. The lowest BCUT2D eigenvalue weighted by Crippen LogP contribution is -2.29. The lowest BCUT2D eigenvalue weighted by atomic mass is 9.80. The summed E-state index contributed by atoms with van der Waals surface area (Å²) in [4.78, 5) is 0. The van der Waals surface area contributed by atoms with E-state index in [1.807, 2.05) is 6.92 Å². The molecule has 0 radical (unpaired) electrons. The van der Waals surface area contributed by atoms with Crippen LogP contribution in [0.15, 0.2) is 34.8 Å². The molecule has 144 valence electrons. The van der Waals surface area contributed by atoms with Crippen molar-refractivity contribution < 1.29 is 14.2 Å². The van der Waals surface area contributed by atoms with E-state index in [9.17, 15) is 0 Å². The van der Waals surface area contributed by atoms with Crippen molar-refractivity contribution in [3.63, 3.8) is 0 Å². The van der Waals surface area contributed by atoms with Crippen LogP contribution in [0.4, 0.5) is 5.69 Å². The third kappa shape index (κ3) is 3.32. The molecule has 1 fully saturated rings. The second-order valence-corrected chi connectivity index (χ2v) is 7.96. The Hall–Kier alpha value is -1.72. The molecule has 0 saturated carbocycles. The molecule has 2 aliphatic heterocycles. The van der Waals surface area contributed by atoms with Gasteiger partial charge in [-0.15, -0.1) is 0 Å². The van der Waals surface area contributed by atoms with Gasteiger partial charge in [0.1, 0.15) is 0 Å². The molecule has 2 aliphatic rings. The fraction of sp³-hybridized carbons (Fsp3) is 0.455. The highest BCUT2D eigenvalue weighted by atomic mass is 79.9. The first-order chi connectivity index (χ1) is 13.2. The molecule has 0 aliphatic carbocycles. The Morgan fingerprint density at radius 3 is 2.81 bits per heavy atom. The summed E-state index contributed by atoms with van der Waals surface area (Å²) in [6.45, 7) is 5.57. The molecule has 1 saturated heterocycles. The number of methoxy groups -OCH3 is 1. The number of anilines is 1. The Kier molecular flexibility index (Phi) is 5.33. The quantitative estimate of drug-likeness (QED) is 0.662. The largest absolute Gasteiger partial charge is 0.493 e. The van der Waals surface area contributed by atoms with Crippen LogP contribution in [0.5, 0.6) is 11.5 Å². The Morgan fingerprint density at radius 1 is 1.22 bits per heavy atom. The number of hydrogen-bond donors (Lipinski definition) is 1. The summed E-state index contributed by atoms with van der Waals surface area (Å²) < 4.78 is 18.5. The van der Waals surface area contributed by atoms with Crippen molar-refractivity contribution in [1.82, 2.24) is 0 Å². The first-order valence-electron chi connectivity index (χ1n) is 9.67. The molecule has 27 heavy (non-hydrogen) atoms. The minimum Gasteiger partial charge on any atom is -0.493 e. The summed E-state index contributed by atoms with van der Waals surface area (Å²) in [5.41, 5.74) is 5.01. The predicted octanol–water partition coefficient (Wildman–Crippen LogP) is 5.66. The third-order valence-electron chi connectivity index (χ3n) is 5.61. The minimum absolute atomic E-state index is 0.147. The SMILES string of the molecule is CCOc1c(Br)cc([C@H]2Nc3ccc(CC)cc3[C@H]3OCC[C@@H]23)cc1OC. The monoisotopic (exact) mass is 431 g/mol. The van der Waals surface area contributed by atoms with E-state index in [1.165, 1.54) is 22.4 Å². The highest BCUT2D eigenvalue weighted by molar-refractivity contribution is 9.10.